The van der Waals surface area contributed by atoms with Crippen molar-refractivity contribution in [2.45, 2.75) is 38.8 Å². The lowest BCUT2D eigenvalue weighted by Gasteiger charge is -2.29. The highest BCUT2D eigenvalue weighted by Gasteiger charge is 2.20. The van der Waals surface area contributed by atoms with Crippen molar-refractivity contribution in [2.75, 3.05) is 26.2 Å². The third-order valence-corrected chi connectivity index (χ3v) is 3.88. The molecule has 0 bridgehead atoms. The Morgan fingerprint density at radius 3 is 2.60 bits per heavy atom. The van der Waals surface area contributed by atoms with Crippen LogP contribution in [0.15, 0.2) is 30.3 Å². The second kappa shape index (κ2) is 7.77. The van der Waals surface area contributed by atoms with Gasteiger partial charge in [0, 0.05) is 25.7 Å². The minimum Gasteiger partial charge on any atom is -0.387 e. The van der Waals surface area contributed by atoms with Gasteiger partial charge in [-0.3, -0.25) is 4.90 Å². The van der Waals surface area contributed by atoms with E-state index in [0.29, 0.717) is 12.0 Å². The molecule has 0 spiro atoms. The molecule has 1 aromatic carbocycles. The highest BCUT2D eigenvalue weighted by molar-refractivity contribution is 5.17. The first-order valence-electron chi connectivity index (χ1n) is 7.84. The van der Waals surface area contributed by atoms with Crippen molar-refractivity contribution in [3.05, 3.63) is 35.9 Å². The number of hydrogen-bond acceptors (Lipinski definition) is 3. The van der Waals surface area contributed by atoms with Crippen LogP contribution in [0, 0.1) is 5.92 Å². The SMILES string of the molecule is CC(C)CN(CC1CCCN1)CC(O)c1ccccc1. The topological polar surface area (TPSA) is 35.5 Å². The summed E-state index contributed by atoms with van der Waals surface area (Å²) in [4.78, 5) is 2.41. The Hall–Kier alpha value is -0.900. The summed E-state index contributed by atoms with van der Waals surface area (Å²) in [5, 5.41) is 14.0. The number of aliphatic hydroxyl groups excluding tert-OH is 1. The summed E-state index contributed by atoms with van der Waals surface area (Å²) in [6.45, 7) is 8.43. The van der Waals surface area contributed by atoms with Crippen LogP contribution in [0.3, 0.4) is 0 Å². The van der Waals surface area contributed by atoms with Gasteiger partial charge >= 0.3 is 0 Å². The number of aliphatic hydroxyl groups is 1. The molecule has 1 fully saturated rings. The number of nitrogens with one attached hydrogen (secondary N) is 1. The number of rotatable bonds is 7. The third kappa shape index (κ3) is 4.89. The molecule has 2 unspecified atom stereocenters. The van der Waals surface area contributed by atoms with Crippen LogP contribution in [-0.4, -0.2) is 42.2 Å². The van der Waals surface area contributed by atoms with Gasteiger partial charge in [0.2, 0.25) is 0 Å². The van der Waals surface area contributed by atoms with Crippen LogP contribution in [0.1, 0.15) is 38.4 Å². The first kappa shape index (κ1) is 15.5. The van der Waals surface area contributed by atoms with Gasteiger partial charge in [0.25, 0.3) is 0 Å². The first-order chi connectivity index (χ1) is 9.65. The normalized spacial score (nSPS) is 20.8. The molecule has 0 aliphatic carbocycles. The molecular formula is C17H28N2O. The summed E-state index contributed by atoms with van der Waals surface area (Å²) in [5.74, 6) is 0.624. The Labute approximate surface area is 123 Å². The molecule has 20 heavy (non-hydrogen) atoms. The van der Waals surface area contributed by atoms with Gasteiger partial charge in [0.15, 0.2) is 0 Å². The molecule has 1 saturated heterocycles. The lowest BCUT2D eigenvalue weighted by Crippen LogP contribution is -2.41. The molecule has 112 valence electrons. The standard InChI is InChI=1S/C17H28N2O/c1-14(2)11-19(12-16-9-6-10-18-16)13-17(20)15-7-4-3-5-8-15/h3-5,7-8,14,16-18,20H,6,9-13H2,1-2H3. The van der Waals surface area contributed by atoms with Crippen molar-refractivity contribution in [3.63, 3.8) is 0 Å². The molecule has 3 heteroatoms. The zero-order valence-electron chi connectivity index (χ0n) is 12.8. The Bertz CT molecular complexity index is 374. The minimum atomic E-state index is -0.392. The van der Waals surface area contributed by atoms with E-state index in [1.165, 1.54) is 12.8 Å². The zero-order chi connectivity index (χ0) is 14.4. The monoisotopic (exact) mass is 276 g/mol. The molecule has 1 aliphatic rings. The van der Waals surface area contributed by atoms with Gasteiger partial charge in [-0.25, -0.2) is 0 Å². The smallest absolute Gasteiger partial charge is 0.0916 e. The largest absolute Gasteiger partial charge is 0.387 e. The Kier molecular flexibility index (Phi) is 6.02. The van der Waals surface area contributed by atoms with Crippen LogP contribution < -0.4 is 5.32 Å². The zero-order valence-corrected chi connectivity index (χ0v) is 12.8. The maximum atomic E-state index is 10.4. The van der Waals surface area contributed by atoms with Crippen molar-refractivity contribution in [1.82, 2.24) is 10.2 Å². The first-order valence-corrected chi connectivity index (χ1v) is 7.84. The van der Waals surface area contributed by atoms with Crippen LogP contribution in [-0.2, 0) is 0 Å². The Morgan fingerprint density at radius 1 is 1.25 bits per heavy atom. The van der Waals surface area contributed by atoms with Crippen molar-refractivity contribution >= 4 is 0 Å². The van der Waals surface area contributed by atoms with Gasteiger partial charge in [-0.15, -0.1) is 0 Å². The second-order valence-electron chi connectivity index (χ2n) is 6.33. The predicted octanol–water partition coefficient (Wildman–Crippen LogP) is 2.43. The molecule has 0 saturated carbocycles. The summed E-state index contributed by atoms with van der Waals surface area (Å²) in [6.07, 6.45) is 2.15. The van der Waals surface area contributed by atoms with Gasteiger partial charge < -0.3 is 10.4 Å². The van der Waals surface area contributed by atoms with E-state index in [-0.39, 0.29) is 0 Å². The summed E-state index contributed by atoms with van der Waals surface area (Å²) >= 11 is 0. The molecular weight excluding hydrogens is 248 g/mol. The molecule has 1 aromatic rings. The molecule has 0 amide bonds. The van der Waals surface area contributed by atoms with Gasteiger partial charge in [-0.05, 0) is 30.9 Å². The van der Waals surface area contributed by atoms with E-state index in [1.54, 1.807) is 0 Å². The molecule has 3 nitrogen and oxygen atoms in total. The summed E-state index contributed by atoms with van der Waals surface area (Å²) in [6, 6.07) is 10.6. The highest BCUT2D eigenvalue weighted by Crippen LogP contribution is 2.16. The van der Waals surface area contributed by atoms with Crippen molar-refractivity contribution in [3.8, 4) is 0 Å². The molecule has 2 N–H and O–H groups in total. The van der Waals surface area contributed by atoms with E-state index in [2.05, 4.69) is 24.1 Å². The third-order valence-electron chi connectivity index (χ3n) is 3.88. The summed E-state index contributed by atoms with van der Waals surface area (Å²) in [5.41, 5.74) is 1.01. The molecule has 2 rings (SSSR count). The van der Waals surface area contributed by atoms with Gasteiger partial charge in [0.1, 0.15) is 0 Å². The second-order valence-corrected chi connectivity index (χ2v) is 6.33. The van der Waals surface area contributed by atoms with Crippen LogP contribution in [0.5, 0.6) is 0 Å². The average Bonchev–Trinajstić information content (AvgIpc) is 2.91. The van der Waals surface area contributed by atoms with Crippen molar-refractivity contribution in [1.29, 1.82) is 0 Å². The highest BCUT2D eigenvalue weighted by atomic mass is 16.3. The number of hydrogen-bond donors (Lipinski definition) is 2. The van der Waals surface area contributed by atoms with Crippen LogP contribution >= 0.6 is 0 Å². The maximum absolute atomic E-state index is 10.4. The van der Waals surface area contributed by atoms with Crippen molar-refractivity contribution in [2.24, 2.45) is 5.92 Å². The van der Waals surface area contributed by atoms with E-state index < -0.39 is 6.10 Å². The summed E-state index contributed by atoms with van der Waals surface area (Å²) in [7, 11) is 0. The molecule has 0 radical (unpaired) electrons. The number of nitrogens with zero attached hydrogens (tertiary/aromatic N) is 1. The Morgan fingerprint density at radius 2 is 2.00 bits per heavy atom. The Balaban J connectivity index is 1.92. The lowest BCUT2D eigenvalue weighted by molar-refractivity contribution is 0.101. The van der Waals surface area contributed by atoms with Crippen LogP contribution in [0.2, 0.25) is 0 Å². The fourth-order valence-electron chi connectivity index (χ4n) is 2.99. The lowest BCUT2D eigenvalue weighted by atomic mass is 10.1. The van der Waals surface area contributed by atoms with Gasteiger partial charge in [-0.1, -0.05) is 44.2 Å². The van der Waals surface area contributed by atoms with E-state index >= 15 is 0 Å². The van der Waals surface area contributed by atoms with Crippen molar-refractivity contribution < 1.29 is 5.11 Å². The molecule has 2 atom stereocenters. The average molecular weight is 276 g/mol. The minimum absolute atomic E-state index is 0.392. The van der Waals surface area contributed by atoms with E-state index in [9.17, 15) is 5.11 Å². The van der Waals surface area contributed by atoms with E-state index in [1.807, 2.05) is 30.3 Å². The van der Waals surface area contributed by atoms with E-state index in [4.69, 9.17) is 0 Å². The fourth-order valence-corrected chi connectivity index (χ4v) is 2.99. The quantitative estimate of drug-likeness (QED) is 0.803. The van der Waals surface area contributed by atoms with Crippen LogP contribution in [0.4, 0.5) is 0 Å². The summed E-state index contributed by atoms with van der Waals surface area (Å²) < 4.78 is 0. The van der Waals surface area contributed by atoms with Gasteiger partial charge in [0.05, 0.1) is 6.10 Å². The molecule has 0 aromatic heterocycles. The number of benzene rings is 1. The fraction of sp³-hybridized carbons (Fsp3) is 0.647. The predicted molar refractivity (Wildman–Crippen MR) is 83.7 cm³/mol. The molecule has 1 heterocycles. The van der Waals surface area contributed by atoms with Crippen LogP contribution in [0.25, 0.3) is 0 Å². The van der Waals surface area contributed by atoms with Gasteiger partial charge in [-0.2, -0.15) is 0 Å². The van der Waals surface area contributed by atoms with E-state index in [0.717, 1.165) is 31.7 Å². The molecule has 1 aliphatic heterocycles. The maximum Gasteiger partial charge on any atom is 0.0916 e.